The normalized spacial score (nSPS) is 20.4. The molecule has 0 unspecified atom stereocenters. The standard InChI is InChI=1S/C25H24N4O4/c1-28-13-11-25(32,24(28)31)10-8-16-4-2-5-17(14-16)21-20-15-19(33-18-6-3-7-18)9-12-29(20)23(27-21)22(26)30/h2,4-5,9,12,14-15,18,32H,3,6-7,11,13H2,1H3,(H2,26,30)/t25-/m0/s1. The van der Waals surface area contributed by atoms with Crippen molar-refractivity contribution in [3.63, 3.8) is 0 Å². The van der Waals surface area contributed by atoms with Crippen molar-refractivity contribution < 1.29 is 19.4 Å². The number of likely N-dealkylation sites (N-methyl/N-ethyl adjacent to an activating group) is 1. The number of hydrogen-bond donors (Lipinski definition) is 2. The van der Waals surface area contributed by atoms with Crippen molar-refractivity contribution in [2.24, 2.45) is 5.73 Å². The molecule has 8 nitrogen and oxygen atoms in total. The molecule has 2 aliphatic rings. The Kier molecular flexibility index (Phi) is 5.06. The van der Waals surface area contributed by atoms with Gasteiger partial charge in [-0.25, -0.2) is 4.98 Å². The maximum absolute atomic E-state index is 12.2. The predicted molar refractivity (Wildman–Crippen MR) is 121 cm³/mol. The minimum atomic E-state index is -1.67. The molecule has 1 aromatic carbocycles. The van der Waals surface area contributed by atoms with Crippen LogP contribution in [0.4, 0.5) is 0 Å². The van der Waals surface area contributed by atoms with Crippen LogP contribution >= 0.6 is 0 Å². The maximum Gasteiger partial charge on any atom is 0.285 e. The van der Waals surface area contributed by atoms with Crippen LogP contribution in [0.2, 0.25) is 0 Å². The number of carbonyl (C=O) groups is 2. The van der Waals surface area contributed by atoms with E-state index in [9.17, 15) is 14.7 Å². The first-order valence-corrected chi connectivity index (χ1v) is 10.9. The number of primary amides is 1. The molecule has 3 aromatic rings. The Hall–Kier alpha value is -3.83. The molecule has 1 saturated heterocycles. The van der Waals surface area contributed by atoms with Gasteiger partial charge >= 0.3 is 0 Å². The number of ether oxygens (including phenoxy) is 1. The highest BCUT2D eigenvalue weighted by Crippen LogP contribution is 2.31. The average Bonchev–Trinajstić information content (AvgIpc) is 3.28. The third-order valence-corrected chi connectivity index (χ3v) is 6.25. The minimum Gasteiger partial charge on any atom is -0.490 e. The highest BCUT2D eigenvalue weighted by atomic mass is 16.5. The van der Waals surface area contributed by atoms with E-state index in [1.54, 1.807) is 29.8 Å². The van der Waals surface area contributed by atoms with Gasteiger partial charge in [-0.3, -0.25) is 14.0 Å². The van der Waals surface area contributed by atoms with E-state index >= 15 is 0 Å². The Morgan fingerprint density at radius 2 is 2.12 bits per heavy atom. The number of rotatable bonds is 4. The summed E-state index contributed by atoms with van der Waals surface area (Å²) in [6.45, 7) is 0.464. The van der Waals surface area contributed by atoms with Crippen LogP contribution in [-0.2, 0) is 4.79 Å². The molecule has 2 aromatic heterocycles. The highest BCUT2D eigenvalue weighted by Gasteiger charge is 2.42. The zero-order valence-electron chi connectivity index (χ0n) is 18.2. The van der Waals surface area contributed by atoms with E-state index in [2.05, 4.69) is 16.8 Å². The lowest BCUT2D eigenvalue weighted by molar-refractivity contribution is -0.137. The number of amides is 2. The Labute approximate surface area is 191 Å². The molecule has 1 aliphatic heterocycles. The van der Waals surface area contributed by atoms with Gasteiger partial charge in [-0.05, 0) is 37.5 Å². The van der Waals surface area contributed by atoms with Gasteiger partial charge in [-0.2, -0.15) is 0 Å². The fourth-order valence-electron chi connectivity index (χ4n) is 4.10. The Morgan fingerprint density at radius 1 is 1.30 bits per heavy atom. The van der Waals surface area contributed by atoms with Crippen molar-refractivity contribution in [3.05, 3.63) is 54.0 Å². The van der Waals surface area contributed by atoms with Gasteiger partial charge in [-0.15, -0.1) is 0 Å². The Morgan fingerprint density at radius 3 is 2.79 bits per heavy atom. The molecular weight excluding hydrogens is 420 g/mol. The largest absolute Gasteiger partial charge is 0.490 e. The summed E-state index contributed by atoms with van der Waals surface area (Å²) in [5.41, 5.74) is 6.51. The van der Waals surface area contributed by atoms with Gasteiger partial charge in [0.1, 0.15) is 5.75 Å². The van der Waals surface area contributed by atoms with Gasteiger partial charge in [-0.1, -0.05) is 24.0 Å². The molecule has 0 radical (unpaired) electrons. The van der Waals surface area contributed by atoms with Crippen molar-refractivity contribution >= 4 is 17.3 Å². The van der Waals surface area contributed by atoms with E-state index in [1.807, 2.05) is 24.3 Å². The number of imidazole rings is 1. The zero-order valence-corrected chi connectivity index (χ0v) is 18.2. The van der Waals surface area contributed by atoms with E-state index < -0.39 is 17.4 Å². The number of hydrogen-bond acceptors (Lipinski definition) is 5. The molecule has 0 spiro atoms. The Bertz CT molecular complexity index is 1330. The van der Waals surface area contributed by atoms with Crippen molar-refractivity contribution in [1.29, 1.82) is 0 Å². The maximum atomic E-state index is 12.2. The van der Waals surface area contributed by atoms with Gasteiger partial charge in [0.15, 0.2) is 0 Å². The summed E-state index contributed by atoms with van der Waals surface area (Å²) < 4.78 is 7.68. The predicted octanol–water partition coefficient (Wildman–Crippen LogP) is 1.98. The molecule has 168 valence electrons. The molecule has 1 saturated carbocycles. The van der Waals surface area contributed by atoms with Crippen LogP contribution in [0, 0.1) is 11.8 Å². The van der Waals surface area contributed by atoms with Crippen molar-refractivity contribution in [2.45, 2.75) is 37.4 Å². The number of likely N-dealkylation sites (tertiary alicyclic amines) is 1. The van der Waals surface area contributed by atoms with Gasteiger partial charge in [0, 0.05) is 43.4 Å². The number of fused-ring (bicyclic) bond motifs is 1. The summed E-state index contributed by atoms with van der Waals surface area (Å²) in [6, 6.07) is 11.0. The lowest BCUT2D eigenvalue weighted by Gasteiger charge is -2.26. The van der Waals surface area contributed by atoms with Crippen LogP contribution in [0.3, 0.4) is 0 Å². The summed E-state index contributed by atoms with van der Waals surface area (Å²) in [4.78, 5) is 30.2. The molecule has 2 amide bonds. The lowest BCUT2D eigenvalue weighted by atomic mass is 9.96. The summed E-state index contributed by atoms with van der Waals surface area (Å²) in [5.74, 6) is 5.47. The van der Waals surface area contributed by atoms with Crippen molar-refractivity contribution in [2.75, 3.05) is 13.6 Å². The zero-order chi connectivity index (χ0) is 23.2. The molecule has 0 bridgehead atoms. The summed E-state index contributed by atoms with van der Waals surface area (Å²) in [7, 11) is 1.64. The molecule has 2 fully saturated rings. The van der Waals surface area contributed by atoms with Crippen molar-refractivity contribution in [3.8, 4) is 28.8 Å². The number of aromatic nitrogens is 2. The number of aliphatic hydroxyl groups is 1. The van der Waals surface area contributed by atoms with Crippen LogP contribution in [0.5, 0.6) is 5.75 Å². The quantitative estimate of drug-likeness (QED) is 0.598. The van der Waals surface area contributed by atoms with Gasteiger partial charge < -0.3 is 20.5 Å². The van der Waals surface area contributed by atoms with E-state index in [4.69, 9.17) is 10.5 Å². The minimum absolute atomic E-state index is 0.126. The van der Waals surface area contributed by atoms with E-state index in [1.165, 1.54) is 11.3 Å². The van der Waals surface area contributed by atoms with Gasteiger partial charge in [0.25, 0.3) is 11.8 Å². The fourth-order valence-corrected chi connectivity index (χ4v) is 4.10. The third kappa shape index (κ3) is 3.81. The second-order valence-electron chi connectivity index (χ2n) is 8.60. The number of nitrogens with two attached hydrogens (primary N) is 1. The van der Waals surface area contributed by atoms with E-state index in [0.717, 1.165) is 18.4 Å². The van der Waals surface area contributed by atoms with Crippen LogP contribution in [-0.4, -0.2) is 56.5 Å². The summed E-state index contributed by atoms with van der Waals surface area (Å²) in [5, 5.41) is 10.6. The number of pyridine rings is 1. The number of benzene rings is 1. The van der Waals surface area contributed by atoms with Gasteiger partial charge in [0.2, 0.25) is 11.4 Å². The average molecular weight is 444 g/mol. The van der Waals surface area contributed by atoms with Crippen LogP contribution < -0.4 is 10.5 Å². The molecule has 1 atom stereocenters. The highest BCUT2D eigenvalue weighted by molar-refractivity contribution is 5.94. The molecule has 33 heavy (non-hydrogen) atoms. The monoisotopic (exact) mass is 444 g/mol. The third-order valence-electron chi connectivity index (χ3n) is 6.25. The first-order chi connectivity index (χ1) is 15.8. The smallest absolute Gasteiger partial charge is 0.285 e. The van der Waals surface area contributed by atoms with Crippen molar-refractivity contribution in [1.82, 2.24) is 14.3 Å². The number of nitrogens with zero attached hydrogens (tertiary/aromatic N) is 3. The molecule has 8 heteroatoms. The molecule has 1 aliphatic carbocycles. The molecule has 5 rings (SSSR count). The molecule has 3 heterocycles. The Balaban J connectivity index is 1.54. The fraction of sp³-hybridized carbons (Fsp3) is 0.320. The molecule has 3 N–H and O–H groups in total. The lowest BCUT2D eigenvalue weighted by Crippen LogP contribution is -2.37. The SMILES string of the molecule is CN1CC[C@@](O)(C#Cc2cccc(-c3nc(C(N)=O)n4ccc(OC5CCC5)cc34)c2)C1=O. The van der Waals surface area contributed by atoms with E-state index in [-0.39, 0.29) is 18.3 Å². The molecular formula is C25H24N4O4. The second kappa shape index (κ2) is 7.94. The van der Waals surface area contributed by atoms with Crippen LogP contribution in [0.15, 0.2) is 42.6 Å². The topological polar surface area (TPSA) is 110 Å². The number of carbonyl (C=O) groups excluding carboxylic acids is 2. The van der Waals surface area contributed by atoms with Crippen LogP contribution in [0.1, 0.15) is 41.9 Å². The first-order valence-electron chi connectivity index (χ1n) is 10.9. The summed E-state index contributed by atoms with van der Waals surface area (Å²) in [6.07, 6.45) is 5.47. The van der Waals surface area contributed by atoms with E-state index in [0.29, 0.717) is 29.1 Å². The first kappa shape index (κ1) is 21.0. The van der Waals surface area contributed by atoms with Gasteiger partial charge in [0.05, 0.1) is 17.3 Å². The second-order valence-corrected chi connectivity index (χ2v) is 8.60. The summed E-state index contributed by atoms with van der Waals surface area (Å²) >= 11 is 0. The van der Waals surface area contributed by atoms with Crippen LogP contribution in [0.25, 0.3) is 16.8 Å².